The number of carbonyl (C=O) groups is 1. The molecule has 0 bridgehead atoms. The van der Waals surface area contributed by atoms with Gasteiger partial charge in [-0.3, -0.25) is 9.69 Å². The van der Waals surface area contributed by atoms with Gasteiger partial charge in [0.2, 0.25) is 0 Å². The van der Waals surface area contributed by atoms with Crippen LogP contribution in [0.2, 0.25) is 0 Å². The molecule has 1 amide bonds. The summed E-state index contributed by atoms with van der Waals surface area (Å²) >= 11 is 2.37. The maximum atomic E-state index is 13.6. The van der Waals surface area contributed by atoms with E-state index in [-0.39, 0.29) is 11.9 Å². The molecule has 146 valence electrons. The van der Waals surface area contributed by atoms with Gasteiger partial charge in [-0.15, -0.1) is 0 Å². The van der Waals surface area contributed by atoms with Gasteiger partial charge in [0.05, 0.1) is 16.9 Å². The van der Waals surface area contributed by atoms with Crippen LogP contribution in [0.25, 0.3) is 0 Å². The zero-order valence-electron chi connectivity index (χ0n) is 16.3. The van der Waals surface area contributed by atoms with E-state index in [4.69, 9.17) is 0 Å². The number of para-hydroxylation sites is 2. The highest BCUT2D eigenvalue weighted by Crippen LogP contribution is 2.52. The first-order valence-corrected chi connectivity index (χ1v) is 11.0. The molecule has 0 radical (unpaired) electrons. The highest BCUT2D eigenvalue weighted by Gasteiger charge is 2.45. The first-order chi connectivity index (χ1) is 14.6. The molecule has 1 atom stereocenters. The minimum Gasteiger partial charge on any atom is -0.346 e. The fourth-order valence-electron chi connectivity index (χ4n) is 4.74. The van der Waals surface area contributed by atoms with Crippen LogP contribution in [0.4, 0.5) is 17.1 Å². The second-order valence-corrected chi connectivity index (χ2v) is 8.89. The van der Waals surface area contributed by atoms with Crippen LogP contribution in [-0.4, -0.2) is 13.0 Å². The number of hydrogen-bond donors (Lipinski definition) is 0. The quantitative estimate of drug-likeness (QED) is 0.400. The Hall–Kier alpha value is -3.06. The lowest BCUT2D eigenvalue weighted by Crippen LogP contribution is -2.47. The Morgan fingerprint density at radius 2 is 1.63 bits per heavy atom. The van der Waals surface area contributed by atoms with Crippen molar-refractivity contribution in [2.45, 2.75) is 6.04 Å². The largest absolute Gasteiger partial charge is 0.346 e. The molecule has 0 saturated carbocycles. The summed E-state index contributed by atoms with van der Waals surface area (Å²) in [5, 5.41) is 0. The number of halogens is 1. The first kappa shape index (κ1) is 17.8. The number of benzene rings is 3. The number of nitrogens with zero attached hydrogens (tertiary/aromatic N) is 3. The molecule has 6 rings (SSSR count). The monoisotopic (exact) mass is 503 g/mol. The normalized spacial score (nSPS) is 18.9. The number of amides is 1. The lowest BCUT2D eigenvalue weighted by Gasteiger charge is -2.45. The van der Waals surface area contributed by atoms with Crippen LogP contribution in [0.5, 0.6) is 0 Å². The summed E-state index contributed by atoms with van der Waals surface area (Å²) in [6.07, 6.45) is 4.22. The summed E-state index contributed by atoms with van der Waals surface area (Å²) in [5.74, 6) is 0.893. The number of fused-ring (bicyclic) bond motifs is 7. The predicted molar refractivity (Wildman–Crippen MR) is 129 cm³/mol. The van der Waals surface area contributed by atoms with Crippen molar-refractivity contribution >= 4 is 45.6 Å². The van der Waals surface area contributed by atoms with E-state index < -0.39 is 0 Å². The summed E-state index contributed by atoms with van der Waals surface area (Å²) in [5.41, 5.74) is 6.24. The number of anilines is 3. The molecule has 3 aliphatic heterocycles. The van der Waals surface area contributed by atoms with Gasteiger partial charge in [-0.1, -0.05) is 30.3 Å². The first-order valence-electron chi connectivity index (χ1n) is 9.88. The molecular formula is C25H18IN3O. The average molecular weight is 503 g/mol. The van der Waals surface area contributed by atoms with Crippen LogP contribution in [-0.2, 0) is 0 Å². The molecular weight excluding hydrogens is 485 g/mol. The van der Waals surface area contributed by atoms with Crippen molar-refractivity contribution in [3.05, 3.63) is 111 Å². The Morgan fingerprint density at radius 3 is 2.47 bits per heavy atom. The van der Waals surface area contributed by atoms with Crippen molar-refractivity contribution in [2.24, 2.45) is 0 Å². The van der Waals surface area contributed by atoms with E-state index in [1.54, 1.807) is 0 Å². The molecule has 0 aromatic heterocycles. The molecule has 1 unspecified atom stereocenters. The van der Waals surface area contributed by atoms with E-state index in [2.05, 4.69) is 75.9 Å². The van der Waals surface area contributed by atoms with Gasteiger partial charge in [0.25, 0.3) is 5.91 Å². The molecule has 0 fully saturated rings. The third kappa shape index (κ3) is 2.35. The zero-order valence-corrected chi connectivity index (χ0v) is 18.4. The summed E-state index contributed by atoms with van der Waals surface area (Å²) < 4.78 is 1.21. The summed E-state index contributed by atoms with van der Waals surface area (Å²) in [6, 6.07) is 24.4. The van der Waals surface area contributed by atoms with Gasteiger partial charge in [0.1, 0.15) is 11.9 Å². The number of rotatable bonds is 1. The van der Waals surface area contributed by atoms with Gasteiger partial charge in [-0.05, 0) is 77.2 Å². The molecule has 3 heterocycles. The van der Waals surface area contributed by atoms with Crippen LogP contribution in [0.15, 0.2) is 96.5 Å². The molecule has 3 aliphatic rings. The fourth-order valence-corrected chi connectivity index (χ4v) is 5.25. The van der Waals surface area contributed by atoms with Gasteiger partial charge in [-0.2, -0.15) is 0 Å². The predicted octanol–water partition coefficient (Wildman–Crippen LogP) is 5.69. The maximum Gasteiger partial charge on any atom is 0.266 e. The van der Waals surface area contributed by atoms with Gasteiger partial charge < -0.3 is 9.80 Å². The van der Waals surface area contributed by atoms with E-state index in [9.17, 15) is 4.79 Å². The van der Waals surface area contributed by atoms with Gasteiger partial charge >= 0.3 is 0 Å². The van der Waals surface area contributed by atoms with Crippen LogP contribution in [0, 0.1) is 3.57 Å². The standard InChI is InChI=1S/C25H18IN3O/c1-27-20-12-11-16(26)15-19(20)24-22(27)13-14-23-28(17-7-3-2-4-8-17)25(30)18-9-5-6-10-21(18)29(23)24/h2-15,24H,1H3. The number of hydrogen-bond acceptors (Lipinski definition) is 3. The highest BCUT2D eigenvalue weighted by molar-refractivity contribution is 14.1. The number of likely N-dealkylation sites (N-methyl/N-ethyl adjacent to an activating group) is 1. The number of carbonyl (C=O) groups excluding carboxylic acids is 1. The number of allylic oxidation sites excluding steroid dienone is 2. The molecule has 30 heavy (non-hydrogen) atoms. The van der Waals surface area contributed by atoms with E-state index in [1.807, 2.05) is 53.4 Å². The van der Waals surface area contributed by atoms with Crippen molar-refractivity contribution in [2.75, 3.05) is 21.7 Å². The Bertz CT molecular complexity index is 1260. The lowest BCUT2D eigenvalue weighted by molar-refractivity contribution is 0.0990. The molecule has 0 saturated heterocycles. The van der Waals surface area contributed by atoms with E-state index in [1.165, 1.54) is 20.5 Å². The molecule has 3 aromatic rings. The SMILES string of the molecule is CN1C2=CC=C3N(c4ccccc4)C(=O)c4ccccc4N3C2c2cc(I)ccc21. The van der Waals surface area contributed by atoms with E-state index in [0.717, 1.165) is 22.8 Å². The Balaban J connectivity index is 1.62. The molecule has 3 aromatic carbocycles. The van der Waals surface area contributed by atoms with Crippen LogP contribution in [0.3, 0.4) is 0 Å². The average Bonchev–Trinajstić information content (AvgIpc) is 3.06. The van der Waals surface area contributed by atoms with Gasteiger partial charge in [-0.25, -0.2) is 0 Å². The minimum absolute atomic E-state index is 0.00497. The van der Waals surface area contributed by atoms with E-state index >= 15 is 0 Å². The smallest absolute Gasteiger partial charge is 0.266 e. The maximum absolute atomic E-state index is 13.6. The second kappa shape index (κ2) is 6.47. The molecule has 4 nitrogen and oxygen atoms in total. The molecule has 0 aliphatic carbocycles. The highest BCUT2D eigenvalue weighted by atomic mass is 127. The minimum atomic E-state index is 0.00497. The van der Waals surface area contributed by atoms with Crippen molar-refractivity contribution in [3.63, 3.8) is 0 Å². The Labute approximate surface area is 188 Å². The summed E-state index contributed by atoms with van der Waals surface area (Å²) in [4.78, 5) is 20.0. The summed E-state index contributed by atoms with van der Waals surface area (Å²) in [7, 11) is 2.12. The van der Waals surface area contributed by atoms with Crippen molar-refractivity contribution < 1.29 is 4.79 Å². The van der Waals surface area contributed by atoms with Gasteiger partial charge in [0.15, 0.2) is 0 Å². The van der Waals surface area contributed by atoms with Crippen molar-refractivity contribution in [1.29, 1.82) is 0 Å². The second-order valence-electron chi connectivity index (χ2n) is 7.64. The van der Waals surface area contributed by atoms with Crippen molar-refractivity contribution in [3.8, 4) is 0 Å². The molecule has 0 N–H and O–H groups in total. The van der Waals surface area contributed by atoms with Gasteiger partial charge in [0, 0.05) is 27.6 Å². The van der Waals surface area contributed by atoms with Crippen LogP contribution in [0.1, 0.15) is 22.0 Å². The molecule has 0 spiro atoms. The Morgan fingerprint density at radius 1 is 0.867 bits per heavy atom. The van der Waals surface area contributed by atoms with Crippen LogP contribution < -0.4 is 14.7 Å². The lowest BCUT2D eigenvalue weighted by atomic mass is 9.96. The third-order valence-electron chi connectivity index (χ3n) is 6.06. The summed E-state index contributed by atoms with van der Waals surface area (Å²) in [6.45, 7) is 0. The third-order valence-corrected chi connectivity index (χ3v) is 6.73. The Kier molecular flexibility index (Phi) is 3.83. The van der Waals surface area contributed by atoms with Crippen molar-refractivity contribution in [1.82, 2.24) is 0 Å². The fraction of sp³-hybridized carbons (Fsp3) is 0.0800. The zero-order chi connectivity index (χ0) is 20.4. The topological polar surface area (TPSA) is 26.8 Å². The van der Waals surface area contributed by atoms with E-state index in [0.29, 0.717) is 0 Å². The van der Waals surface area contributed by atoms with Crippen LogP contribution >= 0.6 is 22.6 Å². The molecule has 5 heteroatoms.